The van der Waals surface area contributed by atoms with Crippen molar-refractivity contribution >= 4 is 23.5 Å². The van der Waals surface area contributed by atoms with Crippen LogP contribution in [0, 0.1) is 5.92 Å². The summed E-state index contributed by atoms with van der Waals surface area (Å²) >= 11 is 5.83. The molecule has 6 heteroatoms. The Morgan fingerprint density at radius 1 is 1.35 bits per heavy atom. The summed E-state index contributed by atoms with van der Waals surface area (Å²) in [5, 5.41) is 3.57. The van der Waals surface area contributed by atoms with Gasteiger partial charge in [-0.3, -0.25) is 14.5 Å². The highest BCUT2D eigenvalue weighted by Crippen LogP contribution is 2.17. The van der Waals surface area contributed by atoms with Crippen molar-refractivity contribution in [1.29, 1.82) is 0 Å². The van der Waals surface area contributed by atoms with Gasteiger partial charge in [0.25, 0.3) is 0 Å². The second-order valence-electron chi connectivity index (χ2n) is 5.73. The van der Waals surface area contributed by atoms with E-state index in [0.29, 0.717) is 31.3 Å². The van der Waals surface area contributed by atoms with Crippen molar-refractivity contribution in [3.05, 3.63) is 34.9 Å². The highest BCUT2D eigenvalue weighted by Gasteiger charge is 2.27. The third-order valence-electron chi connectivity index (χ3n) is 3.90. The van der Waals surface area contributed by atoms with Gasteiger partial charge in [0.2, 0.25) is 5.91 Å². The molecule has 1 atom stereocenters. The van der Waals surface area contributed by atoms with E-state index in [2.05, 4.69) is 5.32 Å². The smallest absolute Gasteiger partial charge is 0.310 e. The fourth-order valence-corrected chi connectivity index (χ4v) is 2.84. The lowest BCUT2D eigenvalue weighted by atomic mass is 9.98. The van der Waals surface area contributed by atoms with Crippen molar-refractivity contribution in [2.75, 3.05) is 26.2 Å². The first-order valence-corrected chi connectivity index (χ1v) is 8.36. The van der Waals surface area contributed by atoms with E-state index in [9.17, 15) is 9.59 Å². The van der Waals surface area contributed by atoms with Gasteiger partial charge in [0.1, 0.15) is 0 Å². The summed E-state index contributed by atoms with van der Waals surface area (Å²) in [4.78, 5) is 25.9. The Bertz CT molecular complexity index is 533. The van der Waals surface area contributed by atoms with E-state index in [1.165, 1.54) is 0 Å². The lowest BCUT2D eigenvalue weighted by Crippen LogP contribution is -2.44. The molecule has 1 amide bonds. The van der Waals surface area contributed by atoms with E-state index in [4.69, 9.17) is 16.3 Å². The first kappa shape index (κ1) is 17.8. The van der Waals surface area contributed by atoms with Crippen LogP contribution in [0.15, 0.2) is 24.3 Å². The minimum atomic E-state index is -0.154. The average molecular weight is 339 g/mol. The molecule has 0 radical (unpaired) electrons. The topological polar surface area (TPSA) is 58.6 Å². The number of benzene rings is 1. The number of hydrogen-bond acceptors (Lipinski definition) is 4. The largest absolute Gasteiger partial charge is 0.466 e. The van der Waals surface area contributed by atoms with Gasteiger partial charge in [-0.15, -0.1) is 0 Å². The standard InChI is InChI=1S/C17H23ClN2O3/c1-2-23-17(22)14-4-3-9-20(11-14)12-16(21)19-10-13-5-7-15(18)8-6-13/h5-8,14H,2-4,9-12H2,1H3,(H,19,21). The number of nitrogens with zero attached hydrogens (tertiary/aromatic N) is 1. The minimum Gasteiger partial charge on any atom is -0.466 e. The van der Waals surface area contributed by atoms with Crippen molar-refractivity contribution in [1.82, 2.24) is 10.2 Å². The molecule has 1 saturated heterocycles. The number of likely N-dealkylation sites (tertiary alicyclic amines) is 1. The van der Waals surface area contributed by atoms with Crippen LogP contribution >= 0.6 is 11.6 Å². The number of ether oxygens (including phenoxy) is 1. The molecule has 0 spiro atoms. The molecule has 1 aromatic carbocycles. The molecule has 1 aliphatic rings. The lowest BCUT2D eigenvalue weighted by Gasteiger charge is -2.30. The van der Waals surface area contributed by atoms with Gasteiger partial charge in [-0.1, -0.05) is 23.7 Å². The number of nitrogens with one attached hydrogen (secondary N) is 1. The highest BCUT2D eigenvalue weighted by atomic mass is 35.5. The zero-order valence-corrected chi connectivity index (χ0v) is 14.1. The highest BCUT2D eigenvalue weighted by molar-refractivity contribution is 6.30. The first-order chi connectivity index (χ1) is 11.1. The monoisotopic (exact) mass is 338 g/mol. The second kappa shape index (κ2) is 8.89. The van der Waals surface area contributed by atoms with Gasteiger partial charge in [-0.05, 0) is 44.0 Å². The van der Waals surface area contributed by atoms with E-state index < -0.39 is 0 Å². The quantitative estimate of drug-likeness (QED) is 0.808. The number of amides is 1. The normalized spacial score (nSPS) is 18.4. The summed E-state index contributed by atoms with van der Waals surface area (Å²) in [5.41, 5.74) is 1.01. The lowest BCUT2D eigenvalue weighted by molar-refractivity contribution is -0.150. The molecule has 1 N–H and O–H groups in total. The first-order valence-electron chi connectivity index (χ1n) is 7.98. The summed E-state index contributed by atoms with van der Waals surface area (Å²) in [7, 11) is 0. The van der Waals surface area contributed by atoms with Crippen LogP contribution < -0.4 is 5.32 Å². The SMILES string of the molecule is CCOC(=O)C1CCCN(CC(=O)NCc2ccc(Cl)cc2)C1. The average Bonchev–Trinajstić information content (AvgIpc) is 2.55. The molecule has 0 aromatic heterocycles. The van der Waals surface area contributed by atoms with Crippen LogP contribution in [-0.2, 0) is 20.9 Å². The predicted molar refractivity (Wildman–Crippen MR) is 89.1 cm³/mol. The van der Waals surface area contributed by atoms with Gasteiger partial charge in [-0.25, -0.2) is 0 Å². The van der Waals surface area contributed by atoms with Crippen LogP contribution in [0.1, 0.15) is 25.3 Å². The Labute approximate surface area is 141 Å². The van der Waals surface area contributed by atoms with Crippen LogP contribution in [-0.4, -0.2) is 43.0 Å². The van der Waals surface area contributed by atoms with Crippen LogP contribution in [0.3, 0.4) is 0 Å². The van der Waals surface area contributed by atoms with Gasteiger partial charge < -0.3 is 10.1 Å². The molecule has 0 saturated carbocycles. The molecule has 1 aliphatic heterocycles. The van der Waals surface area contributed by atoms with Crippen molar-refractivity contribution in [2.24, 2.45) is 5.92 Å². The Hall–Kier alpha value is -1.59. The molecular weight excluding hydrogens is 316 g/mol. The predicted octanol–water partition coefficient (Wildman–Crippen LogP) is 2.23. The maximum absolute atomic E-state index is 12.1. The molecule has 126 valence electrons. The second-order valence-corrected chi connectivity index (χ2v) is 6.17. The molecule has 1 aromatic rings. The number of halogens is 1. The number of carbonyl (C=O) groups is 2. The molecule has 1 unspecified atom stereocenters. The number of esters is 1. The Morgan fingerprint density at radius 2 is 2.09 bits per heavy atom. The molecule has 5 nitrogen and oxygen atoms in total. The molecule has 23 heavy (non-hydrogen) atoms. The number of piperidine rings is 1. The van der Waals surface area contributed by atoms with Gasteiger partial charge in [0.05, 0.1) is 19.1 Å². The van der Waals surface area contributed by atoms with Crippen molar-refractivity contribution < 1.29 is 14.3 Å². The summed E-state index contributed by atoms with van der Waals surface area (Å²) in [6, 6.07) is 7.38. The van der Waals surface area contributed by atoms with Crippen LogP contribution in [0.2, 0.25) is 5.02 Å². The van der Waals surface area contributed by atoms with Gasteiger partial charge in [0.15, 0.2) is 0 Å². The molecular formula is C17H23ClN2O3. The molecule has 1 fully saturated rings. The Kier molecular flexibility index (Phi) is 6.86. The van der Waals surface area contributed by atoms with Crippen molar-refractivity contribution in [3.8, 4) is 0 Å². The maximum Gasteiger partial charge on any atom is 0.310 e. The maximum atomic E-state index is 12.1. The van der Waals surface area contributed by atoms with E-state index >= 15 is 0 Å². The van der Waals surface area contributed by atoms with E-state index in [1.54, 1.807) is 12.1 Å². The summed E-state index contributed by atoms with van der Waals surface area (Å²) in [6.07, 6.45) is 1.75. The fraction of sp³-hybridized carbons (Fsp3) is 0.529. The Balaban J connectivity index is 1.76. The third-order valence-corrected chi connectivity index (χ3v) is 4.15. The van der Waals surface area contributed by atoms with Gasteiger partial charge in [0, 0.05) is 18.1 Å². The molecule has 1 heterocycles. The summed E-state index contributed by atoms with van der Waals surface area (Å²) < 4.78 is 5.07. The minimum absolute atomic E-state index is 0.0375. The number of carbonyl (C=O) groups excluding carboxylic acids is 2. The van der Waals surface area contributed by atoms with Gasteiger partial charge in [-0.2, -0.15) is 0 Å². The zero-order valence-electron chi connectivity index (χ0n) is 13.4. The summed E-state index contributed by atoms with van der Waals surface area (Å²) in [5.74, 6) is -0.309. The van der Waals surface area contributed by atoms with Crippen LogP contribution in [0.4, 0.5) is 0 Å². The van der Waals surface area contributed by atoms with Crippen LogP contribution in [0.5, 0.6) is 0 Å². The molecule has 2 rings (SSSR count). The summed E-state index contributed by atoms with van der Waals surface area (Å²) in [6.45, 7) is 4.42. The van der Waals surface area contributed by atoms with Crippen LogP contribution in [0.25, 0.3) is 0 Å². The van der Waals surface area contributed by atoms with Gasteiger partial charge >= 0.3 is 5.97 Å². The molecule has 0 aliphatic carbocycles. The van der Waals surface area contributed by atoms with E-state index in [1.807, 2.05) is 24.0 Å². The molecule has 0 bridgehead atoms. The zero-order chi connectivity index (χ0) is 16.7. The van der Waals surface area contributed by atoms with Crippen molar-refractivity contribution in [2.45, 2.75) is 26.3 Å². The number of rotatable bonds is 6. The number of hydrogen-bond donors (Lipinski definition) is 1. The fourth-order valence-electron chi connectivity index (χ4n) is 2.71. The third kappa shape index (κ3) is 5.84. The van der Waals surface area contributed by atoms with E-state index in [-0.39, 0.29) is 17.8 Å². The Morgan fingerprint density at radius 3 is 2.78 bits per heavy atom. The van der Waals surface area contributed by atoms with Crippen molar-refractivity contribution in [3.63, 3.8) is 0 Å². The van der Waals surface area contributed by atoms with E-state index in [0.717, 1.165) is 24.9 Å².